The highest BCUT2D eigenvalue weighted by Crippen LogP contribution is 2.32. The molecule has 4 heteroatoms. The van der Waals surface area contributed by atoms with E-state index >= 15 is 0 Å². The van der Waals surface area contributed by atoms with Crippen LogP contribution >= 0.6 is 0 Å². The first-order valence-electron chi connectivity index (χ1n) is 18.0. The molecule has 0 spiro atoms. The Morgan fingerprint density at radius 2 is 1.05 bits per heavy atom. The summed E-state index contributed by atoms with van der Waals surface area (Å²) in [5.41, 5.74) is 11.4. The van der Waals surface area contributed by atoms with Gasteiger partial charge in [-0.2, -0.15) is 0 Å². The van der Waals surface area contributed by atoms with Crippen molar-refractivity contribution in [2.75, 3.05) is 39.3 Å². The fraction of sp³-hybridized carbons (Fsp3) is 0.692. The van der Waals surface area contributed by atoms with Gasteiger partial charge in [0, 0.05) is 6.04 Å². The van der Waals surface area contributed by atoms with Crippen LogP contribution < -0.4 is 21.7 Å². The second-order valence-corrected chi connectivity index (χ2v) is 14.0. The zero-order valence-electron chi connectivity index (χ0n) is 28.3. The maximum atomic E-state index is 5.59. The Balaban J connectivity index is 1.32. The number of benzene rings is 2. The normalized spacial score (nSPS) is 17.4. The molecule has 0 atom stereocenters. The molecule has 2 aromatic rings. The first-order chi connectivity index (χ1) is 20.9. The summed E-state index contributed by atoms with van der Waals surface area (Å²) < 4.78 is 0. The van der Waals surface area contributed by atoms with Crippen LogP contribution in [0.4, 0.5) is 0 Å². The number of rotatable bonds is 22. The van der Waals surface area contributed by atoms with E-state index in [-0.39, 0.29) is 0 Å². The van der Waals surface area contributed by atoms with Gasteiger partial charge < -0.3 is 21.7 Å². The molecule has 0 saturated heterocycles. The van der Waals surface area contributed by atoms with Crippen LogP contribution in [0.1, 0.15) is 126 Å². The minimum absolute atomic E-state index is 0.556. The maximum absolute atomic E-state index is 5.59. The molecule has 0 bridgehead atoms. The smallest absolute Gasteiger partial charge is 0.00734 e. The number of aryl methyl sites for hydroxylation is 2. The minimum Gasteiger partial charge on any atom is -0.330 e. The second-order valence-electron chi connectivity index (χ2n) is 14.0. The summed E-state index contributed by atoms with van der Waals surface area (Å²) >= 11 is 0. The number of hydrogen-bond acceptors (Lipinski definition) is 4. The van der Waals surface area contributed by atoms with Gasteiger partial charge in [-0.05, 0) is 137 Å². The molecule has 0 amide bonds. The monoisotopic (exact) mass is 591 g/mol. The maximum Gasteiger partial charge on any atom is 0.00734 e. The van der Waals surface area contributed by atoms with E-state index in [0.29, 0.717) is 17.9 Å². The number of nitrogens with two attached hydrogens (primary N) is 1. The molecule has 1 saturated carbocycles. The summed E-state index contributed by atoms with van der Waals surface area (Å²) in [6.45, 7) is 15.5. The van der Waals surface area contributed by atoms with Crippen LogP contribution in [0.2, 0.25) is 0 Å². The van der Waals surface area contributed by atoms with E-state index in [9.17, 15) is 0 Å². The van der Waals surface area contributed by atoms with Gasteiger partial charge >= 0.3 is 0 Å². The number of nitrogens with one attached hydrogen (secondary N) is 3. The first-order valence-corrected chi connectivity index (χ1v) is 18.0. The van der Waals surface area contributed by atoms with E-state index in [2.05, 4.69) is 92.2 Å². The molecule has 2 aromatic carbocycles. The van der Waals surface area contributed by atoms with Crippen LogP contribution in [0.3, 0.4) is 0 Å². The lowest BCUT2D eigenvalue weighted by Crippen LogP contribution is -2.33. The van der Waals surface area contributed by atoms with Crippen LogP contribution in [0.15, 0.2) is 48.5 Å². The van der Waals surface area contributed by atoms with Crippen molar-refractivity contribution in [2.24, 2.45) is 17.6 Å². The summed E-state index contributed by atoms with van der Waals surface area (Å²) in [6, 6.07) is 19.2. The van der Waals surface area contributed by atoms with Crippen molar-refractivity contribution in [3.63, 3.8) is 0 Å². The van der Waals surface area contributed by atoms with E-state index < -0.39 is 0 Å². The molecule has 0 aromatic heterocycles. The average Bonchev–Trinajstić information content (AvgIpc) is 3.02. The quantitative estimate of drug-likeness (QED) is 0.105. The minimum atomic E-state index is 0.556. The Kier molecular flexibility index (Phi) is 17.5. The highest BCUT2D eigenvalue weighted by atomic mass is 14.9. The van der Waals surface area contributed by atoms with Crippen molar-refractivity contribution < 1.29 is 0 Å². The van der Waals surface area contributed by atoms with E-state index in [0.717, 1.165) is 57.3 Å². The lowest BCUT2D eigenvalue weighted by atomic mass is 9.79. The Morgan fingerprint density at radius 3 is 1.47 bits per heavy atom. The van der Waals surface area contributed by atoms with Crippen molar-refractivity contribution in [1.29, 1.82) is 0 Å². The number of hydrogen-bond donors (Lipinski definition) is 4. The summed E-state index contributed by atoms with van der Waals surface area (Å²) in [6.07, 6.45) is 15.4. The molecule has 0 aliphatic heterocycles. The fourth-order valence-electron chi connectivity index (χ4n) is 6.59. The Bertz CT molecular complexity index is 889. The van der Waals surface area contributed by atoms with Gasteiger partial charge in [0.25, 0.3) is 0 Å². The zero-order valence-corrected chi connectivity index (χ0v) is 28.3. The van der Waals surface area contributed by atoms with Gasteiger partial charge in [-0.15, -0.1) is 0 Å². The molecule has 0 unspecified atom stereocenters. The van der Waals surface area contributed by atoms with E-state index in [1.54, 1.807) is 0 Å². The highest BCUT2D eigenvalue weighted by Gasteiger charge is 2.20. The molecule has 242 valence electrons. The lowest BCUT2D eigenvalue weighted by molar-refractivity contribution is 0.250. The largest absolute Gasteiger partial charge is 0.330 e. The molecule has 1 fully saturated rings. The molecule has 43 heavy (non-hydrogen) atoms. The molecule has 4 nitrogen and oxygen atoms in total. The Hall–Kier alpha value is -1.72. The summed E-state index contributed by atoms with van der Waals surface area (Å²) in [5.74, 6) is 3.06. The molecular formula is C39H66N4. The SMILES string of the molecule is CC(C)c1ccc(CCC(CCc2ccc(C(C)C)cc2)NCCCNCCC2CCC(CCNCCCN)CC2)cc1. The fourth-order valence-corrected chi connectivity index (χ4v) is 6.59. The Labute approximate surface area is 265 Å². The van der Waals surface area contributed by atoms with E-state index in [1.807, 2.05) is 0 Å². The topological polar surface area (TPSA) is 62.1 Å². The van der Waals surface area contributed by atoms with Gasteiger partial charge in [0.1, 0.15) is 0 Å². The highest BCUT2D eigenvalue weighted by molar-refractivity contribution is 5.26. The first kappa shape index (κ1) is 35.8. The molecule has 1 aliphatic rings. The molecular weight excluding hydrogens is 524 g/mol. The van der Waals surface area contributed by atoms with E-state index in [1.165, 1.54) is 93.1 Å². The Morgan fingerprint density at radius 1 is 0.605 bits per heavy atom. The third-order valence-electron chi connectivity index (χ3n) is 9.80. The lowest BCUT2D eigenvalue weighted by Gasteiger charge is -2.28. The van der Waals surface area contributed by atoms with Crippen LogP contribution in [0, 0.1) is 11.8 Å². The van der Waals surface area contributed by atoms with Crippen molar-refractivity contribution in [2.45, 2.75) is 123 Å². The van der Waals surface area contributed by atoms with Crippen LogP contribution in [0.5, 0.6) is 0 Å². The van der Waals surface area contributed by atoms with Crippen molar-refractivity contribution >= 4 is 0 Å². The predicted molar refractivity (Wildman–Crippen MR) is 188 cm³/mol. The molecule has 5 N–H and O–H groups in total. The van der Waals surface area contributed by atoms with Crippen molar-refractivity contribution in [3.05, 3.63) is 70.8 Å². The van der Waals surface area contributed by atoms with Gasteiger partial charge in [-0.25, -0.2) is 0 Å². The second kappa shape index (κ2) is 21.1. The van der Waals surface area contributed by atoms with Crippen LogP contribution in [0.25, 0.3) is 0 Å². The standard InChI is InChI=1S/C39H66N4/c1-31(2)37-17-11-33(12-18-37)15-21-39(22-16-34-13-19-38(20-14-34)32(3)4)43-28-6-27-42-30-24-36-9-7-35(8-10-36)23-29-41-26-5-25-40/h11-14,17-20,31-32,35-36,39,41-43H,5-10,15-16,21-30,40H2,1-4H3. The third-order valence-corrected chi connectivity index (χ3v) is 9.80. The van der Waals surface area contributed by atoms with Gasteiger partial charge in [-0.1, -0.05) is 102 Å². The molecule has 0 heterocycles. The van der Waals surface area contributed by atoms with Crippen molar-refractivity contribution in [3.8, 4) is 0 Å². The van der Waals surface area contributed by atoms with Crippen LogP contribution in [-0.4, -0.2) is 45.3 Å². The van der Waals surface area contributed by atoms with E-state index in [4.69, 9.17) is 5.73 Å². The van der Waals surface area contributed by atoms with Crippen LogP contribution in [-0.2, 0) is 12.8 Å². The third kappa shape index (κ3) is 14.7. The summed E-state index contributed by atoms with van der Waals surface area (Å²) in [4.78, 5) is 0. The van der Waals surface area contributed by atoms with Crippen molar-refractivity contribution in [1.82, 2.24) is 16.0 Å². The van der Waals surface area contributed by atoms with Gasteiger partial charge in [0.15, 0.2) is 0 Å². The molecule has 0 radical (unpaired) electrons. The predicted octanol–water partition coefficient (Wildman–Crippen LogP) is 7.96. The zero-order chi connectivity index (χ0) is 30.7. The average molecular weight is 591 g/mol. The molecule has 1 aliphatic carbocycles. The summed E-state index contributed by atoms with van der Waals surface area (Å²) in [5, 5.41) is 11.3. The van der Waals surface area contributed by atoms with Gasteiger partial charge in [0.05, 0.1) is 0 Å². The van der Waals surface area contributed by atoms with Gasteiger partial charge in [-0.3, -0.25) is 0 Å². The summed E-state index contributed by atoms with van der Waals surface area (Å²) in [7, 11) is 0. The molecule has 3 rings (SSSR count). The van der Waals surface area contributed by atoms with Gasteiger partial charge in [0.2, 0.25) is 0 Å².